The summed E-state index contributed by atoms with van der Waals surface area (Å²) in [7, 11) is 1.82. The molecule has 0 unspecified atom stereocenters. The quantitative estimate of drug-likeness (QED) is 0.772. The number of carbonyl (C=O) groups excluding carboxylic acids is 1. The van der Waals surface area contributed by atoms with Gasteiger partial charge in [-0.1, -0.05) is 30.3 Å². The number of anilines is 1. The second-order valence-electron chi connectivity index (χ2n) is 5.35. The zero-order chi connectivity index (χ0) is 16.9. The summed E-state index contributed by atoms with van der Waals surface area (Å²) < 4.78 is 15.4. The third kappa shape index (κ3) is 3.60. The van der Waals surface area contributed by atoms with E-state index in [0.717, 1.165) is 0 Å². The zero-order valence-electron chi connectivity index (χ0n) is 13.1. The molecule has 1 aromatic heterocycles. The molecule has 0 aliphatic heterocycles. The summed E-state index contributed by atoms with van der Waals surface area (Å²) in [5.74, 6) is 0.251. The standard InChI is InChI=1S/C18H17FN4O/c1-23-11-10-20-17(23)16(13-6-5-7-14(19)12-13)22-18(24)21-15-8-3-2-4-9-15/h2-12,16H,1H3,(H2,21,22,24)/t16-/m0/s1. The molecule has 0 bridgehead atoms. The molecule has 0 saturated carbocycles. The third-order valence-electron chi connectivity index (χ3n) is 3.61. The van der Waals surface area contributed by atoms with Crippen molar-refractivity contribution in [2.45, 2.75) is 6.04 Å². The van der Waals surface area contributed by atoms with Crippen LogP contribution >= 0.6 is 0 Å². The number of carbonyl (C=O) groups is 1. The number of nitrogens with one attached hydrogen (secondary N) is 2. The highest BCUT2D eigenvalue weighted by atomic mass is 19.1. The average Bonchev–Trinajstić information content (AvgIpc) is 2.99. The Morgan fingerprint density at radius 2 is 1.96 bits per heavy atom. The molecule has 1 atom stereocenters. The van der Waals surface area contributed by atoms with Crippen molar-refractivity contribution in [3.8, 4) is 0 Å². The van der Waals surface area contributed by atoms with Crippen molar-refractivity contribution in [3.05, 3.63) is 84.2 Å². The van der Waals surface area contributed by atoms with Gasteiger partial charge in [0.25, 0.3) is 0 Å². The van der Waals surface area contributed by atoms with Crippen molar-refractivity contribution in [2.75, 3.05) is 5.32 Å². The molecule has 0 fully saturated rings. The molecule has 0 radical (unpaired) electrons. The van der Waals surface area contributed by atoms with E-state index in [2.05, 4.69) is 15.6 Å². The molecule has 24 heavy (non-hydrogen) atoms. The molecule has 0 aliphatic carbocycles. The van der Waals surface area contributed by atoms with Crippen LogP contribution in [0, 0.1) is 5.82 Å². The molecule has 0 saturated heterocycles. The zero-order valence-corrected chi connectivity index (χ0v) is 13.1. The summed E-state index contributed by atoms with van der Waals surface area (Å²) in [6.45, 7) is 0. The smallest absolute Gasteiger partial charge is 0.320 e. The van der Waals surface area contributed by atoms with E-state index in [1.807, 2.05) is 25.2 Å². The molecule has 2 amide bonds. The minimum atomic E-state index is -0.565. The van der Waals surface area contributed by atoms with E-state index >= 15 is 0 Å². The number of nitrogens with zero attached hydrogens (tertiary/aromatic N) is 2. The second-order valence-corrected chi connectivity index (χ2v) is 5.35. The number of aromatic nitrogens is 2. The molecule has 5 nitrogen and oxygen atoms in total. The van der Waals surface area contributed by atoms with Crippen LogP contribution in [0.5, 0.6) is 0 Å². The van der Waals surface area contributed by atoms with Crippen molar-refractivity contribution in [1.29, 1.82) is 0 Å². The van der Waals surface area contributed by atoms with Crippen LogP contribution in [-0.4, -0.2) is 15.6 Å². The summed E-state index contributed by atoms with van der Waals surface area (Å²) in [6, 6.07) is 14.3. The monoisotopic (exact) mass is 324 g/mol. The third-order valence-corrected chi connectivity index (χ3v) is 3.61. The lowest BCUT2D eigenvalue weighted by Crippen LogP contribution is -2.34. The Morgan fingerprint density at radius 1 is 1.17 bits per heavy atom. The summed E-state index contributed by atoms with van der Waals surface area (Å²) in [4.78, 5) is 16.6. The molecular weight excluding hydrogens is 307 g/mol. The van der Waals surface area contributed by atoms with Crippen LogP contribution in [0.25, 0.3) is 0 Å². The van der Waals surface area contributed by atoms with E-state index in [4.69, 9.17) is 0 Å². The highest BCUT2D eigenvalue weighted by Gasteiger charge is 2.21. The van der Waals surface area contributed by atoms with E-state index < -0.39 is 12.1 Å². The van der Waals surface area contributed by atoms with Gasteiger partial charge in [-0.3, -0.25) is 0 Å². The highest BCUT2D eigenvalue weighted by molar-refractivity contribution is 5.89. The number of rotatable bonds is 4. The first kappa shape index (κ1) is 15.7. The fourth-order valence-corrected chi connectivity index (χ4v) is 2.46. The van der Waals surface area contributed by atoms with E-state index in [1.165, 1.54) is 12.1 Å². The highest BCUT2D eigenvalue weighted by Crippen LogP contribution is 2.21. The molecule has 2 N–H and O–H groups in total. The maximum absolute atomic E-state index is 13.6. The first-order chi connectivity index (χ1) is 11.6. The maximum atomic E-state index is 13.6. The van der Waals surface area contributed by atoms with Crippen LogP contribution in [0.1, 0.15) is 17.4 Å². The van der Waals surface area contributed by atoms with Crippen molar-refractivity contribution >= 4 is 11.7 Å². The molecule has 3 rings (SSSR count). The van der Waals surface area contributed by atoms with Gasteiger partial charge >= 0.3 is 6.03 Å². The first-order valence-corrected chi connectivity index (χ1v) is 7.49. The Balaban J connectivity index is 1.85. The van der Waals surface area contributed by atoms with Gasteiger partial charge in [-0.05, 0) is 29.8 Å². The average molecular weight is 324 g/mol. The van der Waals surface area contributed by atoms with E-state index in [1.54, 1.807) is 41.2 Å². The topological polar surface area (TPSA) is 59.0 Å². The fraction of sp³-hybridized carbons (Fsp3) is 0.111. The van der Waals surface area contributed by atoms with E-state index in [0.29, 0.717) is 17.1 Å². The van der Waals surface area contributed by atoms with E-state index in [9.17, 15) is 9.18 Å². The van der Waals surface area contributed by atoms with Gasteiger partial charge in [0, 0.05) is 25.1 Å². The van der Waals surface area contributed by atoms with Crippen LogP contribution < -0.4 is 10.6 Å². The number of imidazole rings is 1. The number of hydrogen-bond acceptors (Lipinski definition) is 2. The number of aryl methyl sites for hydroxylation is 1. The molecular formula is C18H17FN4O. The minimum absolute atomic E-state index is 0.364. The molecule has 0 spiro atoms. The van der Waals surface area contributed by atoms with Gasteiger partial charge in [-0.2, -0.15) is 0 Å². The van der Waals surface area contributed by atoms with Crippen LogP contribution in [0.4, 0.5) is 14.9 Å². The molecule has 0 aliphatic rings. The van der Waals surface area contributed by atoms with Crippen molar-refractivity contribution in [2.24, 2.45) is 7.05 Å². The Labute approximate surface area is 139 Å². The Kier molecular flexibility index (Phi) is 4.56. The van der Waals surface area contributed by atoms with Crippen LogP contribution in [0.15, 0.2) is 67.0 Å². The van der Waals surface area contributed by atoms with Gasteiger partial charge in [0.05, 0.1) is 0 Å². The number of hydrogen-bond donors (Lipinski definition) is 2. The van der Waals surface area contributed by atoms with Crippen molar-refractivity contribution < 1.29 is 9.18 Å². The predicted octanol–water partition coefficient (Wildman–Crippen LogP) is 3.47. The SMILES string of the molecule is Cn1ccnc1[C@@H](NC(=O)Nc1ccccc1)c1cccc(F)c1. The number of amides is 2. The normalized spacial score (nSPS) is 11.8. The maximum Gasteiger partial charge on any atom is 0.320 e. The van der Waals surface area contributed by atoms with Gasteiger partial charge < -0.3 is 15.2 Å². The van der Waals surface area contributed by atoms with Crippen LogP contribution in [-0.2, 0) is 7.05 Å². The van der Waals surface area contributed by atoms with Gasteiger partial charge in [-0.15, -0.1) is 0 Å². The summed E-state index contributed by atoms with van der Waals surface area (Å²) in [5.41, 5.74) is 1.29. The Hall–Kier alpha value is -3.15. The lowest BCUT2D eigenvalue weighted by Gasteiger charge is -2.19. The molecule has 6 heteroatoms. The van der Waals surface area contributed by atoms with Gasteiger partial charge in [0.15, 0.2) is 0 Å². The Morgan fingerprint density at radius 3 is 2.62 bits per heavy atom. The number of halogens is 1. The fourth-order valence-electron chi connectivity index (χ4n) is 2.46. The van der Waals surface area contributed by atoms with E-state index in [-0.39, 0.29) is 5.82 Å². The second kappa shape index (κ2) is 6.95. The lowest BCUT2D eigenvalue weighted by atomic mass is 10.1. The molecule has 3 aromatic rings. The van der Waals surface area contributed by atoms with Gasteiger partial charge in [0.2, 0.25) is 0 Å². The Bertz CT molecular complexity index is 832. The number of para-hydroxylation sites is 1. The molecule has 2 aromatic carbocycles. The van der Waals surface area contributed by atoms with Crippen molar-refractivity contribution in [1.82, 2.24) is 14.9 Å². The number of benzene rings is 2. The van der Waals surface area contributed by atoms with Crippen LogP contribution in [0.3, 0.4) is 0 Å². The summed E-state index contributed by atoms with van der Waals surface area (Å²) in [6.07, 6.45) is 3.41. The largest absolute Gasteiger partial charge is 0.336 e. The summed E-state index contributed by atoms with van der Waals surface area (Å²) >= 11 is 0. The van der Waals surface area contributed by atoms with Gasteiger partial charge in [-0.25, -0.2) is 14.2 Å². The minimum Gasteiger partial charge on any atom is -0.336 e. The first-order valence-electron chi connectivity index (χ1n) is 7.49. The van der Waals surface area contributed by atoms with Gasteiger partial charge in [0.1, 0.15) is 17.7 Å². The lowest BCUT2D eigenvalue weighted by molar-refractivity contribution is 0.249. The molecule has 122 valence electrons. The summed E-state index contributed by atoms with van der Waals surface area (Å²) in [5, 5.41) is 5.61. The van der Waals surface area contributed by atoms with Crippen molar-refractivity contribution in [3.63, 3.8) is 0 Å². The molecule has 1 heterocycles. The van der Waals surface area contributed by atoms with Crippen LogP contribution in [0.2, 0.25) is 0 Å². The predicted molar refractivity (Wildman–Crippen MR) is 90.0 cm³/mol. The number of urea groups is 1.